The summed E-state index contributed by atoms with van der Waals surface area (Å²) in [6, 6.07) is 14.5. The van der Waals surface area contributed by atoms with Gasteiger partial charge in [-0.05, 0) is 62.1 Å². The van der Waals surface area contributed by atoms with Crippen LogP contribution in [0.4, 0.5) is 11.4 Å². The molecule has 1 spiro atoms. The Kier molecular flexibility index (Phi) is 8.58. The van der Waals surface area contributed by atoms with Crippen LogP contribution in [0.25, 0.3) is 0 Å². The molecule has 3 saturated heterocycles. The van der Waals surface area contributed by atoms with E-state index < -0.39 is 35.1 Å². The van der Waals surface area contributed by atoms with E-state index in [2.05, 4.69) is 13.2 Å². The minimum atomic E-state index is -1.26. The molecule has 3 unspecified atom stereocenters. The number of fused-ring (bicyclic) bond motifs is 1. The van der Waals surface area contributed by atoms with Gasteiger partial charge >= 0.3 is 0 Å². The SMILES string of the molecule is C=CCN(C(=O)C1N([C@@H](CC)CO)C(=O)[C@@H]2[C@@H](C(=O)N(CC=C)c3ccccc3)[C@]3(C)OC12CC3C)c1ccc(Cl)cc1. The average molecular weight is 606 g/mol. The van der Waals surface area contributed by atoms with E-state index in [1.54, 1.807) is 46.2 Å². The van der Waals surface area contributed by atoms with Crippen molar-refractivity contribution in [2.45, 2.75) is 56.9 Å². The van der Waals surface area contributed by atoms with Crippen LogP contribution in [0.2, 0.25) is 5.02 Å². The standard InChI is InChI=1S/C34H40ClN3O5/c1-6-18-36(25-12-10-9-11-13-25)30(40)27-28-31(41)38(24(8-3)21-39)29(34(28)20-22(4)33(27,5)43-34)32(42)37(19-7-2)26-16-14-23(35)15-17-26/h6-7,9-17,22,24,27-29,39H,1-2,8,18-21H2,3-5H3/t22?,24-,27-,28-,29?,33+,34?/m0/s1. The van der Waals surface area contributed by atoms with E-state index >= 15 is 0 Å². The molecule has 0 saturated carbocycles. The number of halogens is 1. The monoisotopic (exact) mass is 605 g/mol. The van der Waals surface area contributed by atoms with Crippen LogP contribution in [0.5, 0.6) is 0 Å². The summed E-state index contributed by atoms with van der Waals surface area (Å²) in [6.45, 7) is 13.6. The maximum atomic E-state index is 14.8. The maximum absolute atomic E-state index is 14.8. The first-order valence-corrected chi connectivity index (χ1v) is 15.3. The fourth-order valence-corrected chi connectivity index (χ4v) is 7.71. The molecule has 3 aliphatic rings. The van der Waals surface area contributed by atoms with Crippen LogP contribution >= 0.6 is 11.6 Å². The molecule has 228 valence electrons. The number of benzene rings is 2. The molecule has 3 heterocycles. The number of carbonyl (C=O) groups excluding carboxylic acids is 3. The number of nitrogens with zero attached hydrogens (tertiary/aromatic N) is 3. The van der Waals surface area contributed by atoms with Crippen LogP contribution in [-0.2, 0) is 19.1 Å². The number of hydrogen-bond acceptors (Lipinski definition) is 5. The van der Waals surface area contributed by atoms with E-state index in [-0.39, 0.29) is 43.3 Å². The molecule has 2 aromatic rings. The lowest BCUT2D eigenvalue weighted by atomic mass is 9.62. The fraction of sp³-hybridized carbons (Fsp3) is 0.441. The Morgan fingerprint density at radius 2 is 1.65 bits per heavy atom. The second-order valence-electron chi connectivity index (χ2n) is 12.0. The quantitative estimate of drug-likeness (QED) is 0.370. The zero-order chi connectivity index (χ0) is 31.1. The van der Waals surface area contributed by atoms with Crippen molar-refractivity contribution in [1.29, 1.82) is 0 Å². The van der Waals surface area contributed by atoms with Crippen molar-refractivity contribution in [2.24, 2.45) is 17.8 Å². The first-order valence-electron chi connectivity index (χ1n) is 14.9. The van der Waals surface area contributed by atoms with Crippen molar-refractivity contribution >= 4 is 40.7 Å². The van der Waals surface area contributed by atoms with Crippen LogP contribution < -0.4 is 9.80 Å². The van der Waals surface area contributed by atoms with Gasteiger partial charge in [0.2, 0.25) is 11.8 Å². The van der Waals surface area contributed by atoms with Gasteiger partial charge in [0.15, 0.2) is 0 Å². The molecule has 0 radical (unpaired) electrons. The highest BCUT2D eigenvalue weighted by molar-refractivity contribution is 6.30. The molecule has 3 amide bonds. The van der Waals surface area contributed by atoms with Crippen LogP contribution in [0.15, 0.2) is 79.9 Å². The molecule has 3 fully saturated rings. The van der Waals surface area contributed by atoms with E-state index in [0.717, 1.165) is 0 Å². The van der Waals surface area contributed by atoms with E-state index in [1.807, 2.05) is 51.1 Å². The third-order valence-corrected chi connectivity index (χ3v) is 9.94. The lowest BCUT2D eigenvalue weighted by Gasteiger charge is -2.39. The van der Waals surface area contributed by atoms with Crippen molar-refractivity contribution in [1.82, 2.24) is 4.90 Å². The number of amides is 3. The lowest BCUT2D eigenvalue weighted by Crippen LogP contribution is -2.59. The molecule has 2 bridgehead atoms. The lowest BCUT2D eigenvalue weighted by molar-refractivity contribution is -0.149. The molecule has 9 heteroatoms. The van der Waals surface area contributed by atoms with E-state index in [4.69, 9.17) is 16.3 Å². The zero-order valence-corrected chi connectivity index (χ0v) is 25.7. The zero-order valence-electron chi connectivity index (χ0n) is 25.0. The Balaban J connectivity index is 1.65. The Hall–Kier alpha value is -3.46. The topological polar surface area (TPSA) is 90.4 Å². The number of rotatable bonds is 11. The van der Waals surface area contributed by atoms with Crippen LogP contribution in [0.1, 0.15) is 33.6 Å². The summed E-state index contributed by atoms with van der Waals surface area (Å²) in [7, 11) is 0. The van der Waals surface area contributed by atoms with E-state index in [9.17, 15) is 19.5 Å². The molecule has 3 aliphatic heterocycles. The van der Waals surface area contributed by atoms with Gasteiger partial charge < -0.3 is 24.5 Å². The second-order valence-corrected chi connectivity index (χ2v) is 12.4. The maximum Gasteiger partial charge on any atom is 0.253 e. The number of ether oxygens (including phenoxy) is 1. The number of aliphatic hydroxyl groups excluding tert-OH is 1. The van der Waals surface area contributed by atoms with Gasteiger partial charge in [0.05, 0.1) is 30.1 Å². The molecular formula is C34H40ClN3O5. The summed E-state index contributed by atoms with van der Waals surface area (Å²) in [5.41, 5.74) is -0.953. The Labute approximate surface area is 258 Å². The molecule has 7 atom stereocenters. The van der Waals surface area contributed by atoms with Crippen molar-refractivity contribution in [2.75, 3.05) is 29.5 Å². The number of anilines is 2. The summed E-state index contributed by atoms with van der Waals surface area (Å²) in [6.07, 6.45) is 4.14. The molecule has 5 rings (SSSR count). The van der Waals surface area contributed by atoms with Crippen molar-refractivity contribution < 1.29 is 24.2 Å². The molecule has 8 nitrogen and oxygen atoms in total. The van der Waals surface area contributed by atoms with Gasteiger partial charge in [-0.25, -0.2) is 0 Å². The van der Waals surface area contributed by atoms with E-state index in [0.29, 0.717) is 29.2 Å². The summed E-state index contributed by atoms with van der Waals surface area (Å²) in [4.78, 5) is 48.7. The predicted molar refractivity (Wildman–Crippen MR) is 168 cm³/mol. The summed E-state index contributed by atoms with van der Waals surface area (Å²) in [5, 5.41) is 11.0. The smallest absolute Gasteiger partial charge is 0.253 e. The van der Waals surface area contributed by atoms with Gasteiger partial charge in [0, 0.05) is 29.5 Å². The summed E-state index contributed by atoms with van der Waals surface area (Å²) >= 11 is 6.15. The largest absolute Gasteiger partial charge is 0.394 e. The Morgan fingerprint density at radius 1 is 1.07 bits per heavy atom. The van der Waals surface area contributed by atoms with E-state index in [1.165, 1.54) is 4.90 Å². The summed E-state index contributed by atoms with van der Waals surface area (Å²) < 4.78 is 6.93. The minimum Gasteiger partial charge on any atom is -0.394 e. The third-order valence-electron chi connectivity index (χ3n) is 9.69. The first kappa shape index (κ1) is 31.0. The second kappa shape index (κ2) is 11.9. The summed E-state index contributed by atoms with van der Waals surface area (Å²) in [5.74, 6) is -2.80. The van der Waals surface area contributed by atoms with Gasteiger partial charge in [-0.3, -0.25) is 14.4 Å². The highest BCUT2D eigenvalue weighted by Crippen LogP contribution is 2.66. The fourth-order valence-electron chi connectivity index (χ4n) is 7.59. The van der Waals surface area contributed by atoms with Crippen molar-refractivity contribution in [3.8, 4) is 0 Å². The van der Waals surface area contributed by atoms with Gasteiger partial charge in [0.25, 0.3) is 5.91 Å². The molecule has 1 N–H and O–H groups in total. The molecule has 0 aliphatic carbocycles. The van der Waals surface area contributed by atoms with Crippen LogP contribution in [-0.4, -0.2) is 70.7 Å². The average Bonchev–Trinajstić information content (AvgIpc) is 3.52. The number of likely N-dealkylation sites (tertiary alicyclic amines) is 1. The molecule has 0 aromatic heterocycles. The van der Waals surface area contributed by atoms with Crippen LogP contribution in [0, 0.1) is 17.8 Å². The van der Waals surface area contributed by atoms with Crippen LogP contribution in [0.3, 0.4) is 0 Å². The normalized spacial score (nSPS) is 29.7. The van der Waals surface area contributed by atoms with Gasteiger partial charge in [-0.15, -0.1) is 13.2 Å². The van der Waals surface area contributed by atoms with Crippen molar-refractivity contribution in [3.05, 3.63) is 84.9 Å². The van der Waals surface area contributed by atoms with Crippen molar-refractivity contribution in [3.63, 3.8) is 0 Å². The van der Waals surface area contributed by atoms with Gasteiger partial charge in [0.1, 0.15) is 11.6 Å². The number of aliphatic hydroxyl groups is 1. The Morgan fingerprint density at radius 3 is 2.21 bits per heavy atom. The number of hydrogen-bond donors (Lipinski definition) is 1. The molecule has 2 aromatic carbocycles. The highest BCUT2D eigenvalue weighted by atomic mass is 35.5. The highest BCUT2D eigenvalue weighted by Gasteiger charge is 2.80. The number of para-hydroxylation sites is 1. The third kappa shape index (κ3) is 4.80. The minimum absolute atomic E-state index is 0.125. The first-order chi connectivity index (χ1) is 20.6. The van der Waals surface area contributed by atoms with Gasteiger partial charge in [-0.2, -0.15) is 0 Å². The predicted octanol–water partition coefficient (Wildman–Crippen LogP) is 4.86. The number of carbonyl (C=O) groups is 3. The molecular weight excluding hydrogens is 566 g/mol. The molecule has 43 heavy (non-hydrogen) atoms. The van der Waals surface area contributed by atoms with Gasteiger partial charge in [-0.1, -0.05) is 55.8 Å². The Bertz CT molecular complexity index is 1400.